The van der Waals surface area contributed by atoms with Crippen molar-refractivity contribution in [1.29, 1.82) is 0 Å². The van der Waals surface area contributed by atoms with Gasteiger partial charge in [0.15, 0.2) is 0 Å². The number of nitrogens with zero attached hydrogens (tertiary/aromatic N) is 4. The van der Waals surface area contributed by atoms with Crippen LogP contribution in [0.3, 0.4) is 0 Å². The molecule has 0 aliphatic carbocycles. The summed E-state index contributed by atoms with van der Waals surface area (Å²) in [6.45, 7) is 5.78. The zero-order chi connectivity index (χ0) is 17.9. The number of nitrogens with one attached hydrogen (secondary N) is 2. The fourth-order valence-corrected chi connectivity index (χ4v) is 3.72. The summed E-state index contributed by atoms with van der Waals surface area (Å²) in [6, 6.07) is 7.83. The van der Waals surface area contributed by atoms with Crippen LogP contribution in [0.15, 0.2) is 36.7 Å². The van der Waals surface area contributed by atoms with Crippen molar-refractivity contribution in [2.45, 2.75) is 12.5 Å². The highest BCUT2D eigenvalue weighted by molar-refractivity contribution is 6.30. The van der Waals surface area contributed by atoms with Crippen molar-refractivity contribution in [2.75, 3.05) is 44.6 Å². The standard InChI is InChI=1S/C18H23ClN6O/c19-14-1-3-16(4-2-14)25-12-15(11-21-25)22-18(26)24-8-5-17(13-24)23-9-6-20-7-10-23/h1-4,11-12,17,20H,5-10,13H2,(H,22,26). The second-order valence-electron chi connectivity index (χ2n) is 6.75. The van der Waals surface area contributed by atoms with Crippen LogP contribution in [-0.2, 0) is 0 Å². The van der Waals surface area contributed by atoms with Gasteiger partial charge in [-0.3, -0.25) is 4.90 Å². The molecule has 3 heterocycles. The van der Waals surface area contributed by atoms with E-state index in [-0.39, 0.29) is 6.03 Å². The first kappa shape index (κ1) is 17.3. The van der Waals surface area contributed by atoms with Crippen LogP contribution in [0.5, 0.6) is 0 Å². The Balaban J connectivity index is 1.34. The maximum absolute atomic E-state index is 12.6. The van der Waals surface area contributed by atoms with Crippen molar-refractivity contribution in [1.82, 2.24) is 24.9 Å². The number of piperazine rings is 1. The lowest BCUT2D eigenvalue weighted by molar-refractivity contribution is 0.172. The van der Waals surface area contributed by atoms with Crippen LogP contribution in [0.25, 0.3) is 5.69 Å². The van der Waals surface area contributed by atoms with Gasteiger partial charge in [-0.15, -0.1) is 0 Å². The van der Waals surface area contributed by atoms with Crippen molar-refractivity contribution < 1.29 is 4.79 Å². The van der Waals surface area contributed by atoms with Crippen molar-refractivity contribution in [3.8, 4) is 5.69 Å². The Labute approximate surface area is 157 Å². The lowest BCUT2D eigenvalue weighted by Gasteiger charge is -2.32. The van der Waals surface area contributed by atoms with Crippen LogP contribution < -0.4 is 10.6 Å². The van der Waals surface area contributed by atoms with E-state index < -0.39 is 0 Å². The molecule has 0 bridgehead atoms. The molecule has 1 aromatic heterocycles. The molecular weight excluding hydrogens is 352 g/mol. The first-order valence-electron chi connectivity index (χ1n) is 9.00. The lowest BCUT2D eigenvalue weighted by Crippen LogP contribution is -2.49. The Morgan fingerprint density at radius 1 is 1.19 bits per heavy atom. The molecule has 2 N–H and O–H groups in total. The second kappa shape index (κ2) is 7.65. The molecule has 2 aliphatic heterocycles. The van der Waals surface area contributed by atoms with E-state index in [1.54, 1.807) is 10.9 Å². The van der Waals surface area contributed by atoms with Gasteiger partial charge in [-0.1, -0.05) is 11.6 Å². The summed E-state index contributed by atoms with van der Waals surface area (Å²) in [7, 11) is 0. The summed E-state index contributed by atoms with van der Waals surface area (Å²) >= 11 is 5.91. The maximum Gasteiger partial charge on any atom is 0.321 e. The van der Waals surface area contributed by atoms with Gasteiger partial charge in [-0.25, -0.2) is 9.48 Å². The highest BCUT2D eigenvalue weighted by Crippen LogP contribution is 2.19. The molecule has 4 rings (SSSR count). The van der Waals surface area contributed by atoms with Gasteiger partial charge in [0, 0.05) is 50.3 Å². The molecule has 26 heavy (non-hydrogen) atoms. The van der Waals surface area contributed by atoms with Gasteiger partial charge in [0.05, 0.1) is 23.8 Å². The maximum atomic E-state index is 12.6. The molecular formula is C18H23ClN6O. The SMILES string of the molecule is O=C(Nc1cnn(-c2ccc(Cl)cc2)c1)N1CCC(N2CCNCC2)C1. The summed E-state index contributed by atoms with van der Waals surface area (Å²) in [5.41, 5.74) is 1.59. The summed E-state index contributed by atoms with van der Waals surface area (Å²) in [4.78, 5) is 16.9. The van der Waals surface area contributed by atoms with Gasteiger partial charge in [0.2, 0.25) is 0 Å². The number of hydrogen-bond acceptors (Lipinski definition) is 4. The highest BCUT2D eigenvalue weighted by atomic mass is 35.5. The number of likely N-dealkylation sites (tertiary alicyclic amines) is 1. The van der Waals surface area contributed by atoms with E-state index in [1.165, 1.54) is 0 Å². The van der Waals surface area contributed by atoms with Gasteiger partial charge >= 0.3 is 6.03 Å². The Bertz CT molecular complexity index is 755. The molecule has 2 aromatic rings. The van der Waals surface area contributed by atoms with Crippen LogP contribution in [0.1, 0.15) is 6.42 Å². The largest absolute Gasteiger partial charge is 0.323 e. The summed E-state index contributed by atoms with van der Waals surface area (Å²) in [6.07, 6.45) is 4.51. The third kappa shape index (κ3) is 3.85. The number of aromatic nitrogens is 2. The van der Waals surface area contributed by atoms with Gasteiger partial charge in [0.25, 0.3) is 0 Å². The number of rotatable bonds is 3. The van der Waals surface area contributed by atoms with Gasteiger partial charge in [0.1, 0.15) is 0 Å². The Morgan fingerprint density at radius 2 is 1.96 bits per heavy atom. The molecule has 1 atom stereocenters. The zero-order valence-corrected chi connectivity index (χ0v) is 15.3. The van der Waals surface area contributed by atoms with Gasteiger partial charge in [-0.05, 0) is 30.7 Å². The molecule has 2 fully saturated rings. The third-order valence-electron chi connectivity index (χ3n) is 5.04. The van der Waals surface area contributed by atoms with Crippen molar-refractivity contribution >= 4 is 23.3 Å². The van der Waals surface area contributed by atoms with Crippen LogP contribution in [0.4, 0.5) is 10.5 Å². The molecule has 138 valence electrons. The van der Waals surface area contributed by atoms with E-state index in [9.17, 15) is 4.79 Å². The topological polar surface area (TPSA) is 65.4 Å². The Morgan fingerprint density at radius 3 is 2.73 bits per heavy atom. The number of benzene rings is 1. The second-order valence-corrected chi connectivity index (χ2v) is 7.19. The summed E-state index contributed by atoms with van der Waals surface area (Å²) in [5, 5.41) is 11.3. The number of amides is 2. The van der Waals surface area contributed by atoms with Gasteiger partial charge < -0.3 is 15.5 Å². The molecule has 7 nitrogen and oxygen atoms in total. The number of hydrogen-bond donors (Lipinski definition) is 2. The first-order valence-corrected chi connectivity index (χ1v) is 9.38. The van der Waals surface area contributed by atoms with E-state index in [2.05, 4.69) is 20.6 Å². The molecule has 8 heteroatoms. The summed E-state index contributed by atoms with van der Waals surface area (Å²) < 4.78 is 1.72. The number of carbonyl (C=O) groups is 1. The predicted octanol–water partition coefficient (Wildman–Crippen LogP) is 2.04. The number of carbonyl (C=O) groups excluding carboxylic acids is 1. The minimum absolute atomic E-state index is 0.0571. The Hall–Kier alpha value is -2.09. The van der Waals surface area contributed by atoms with E-state index in [4.69, 9.17) is 11.6 Å². The van der Waals surface area contributed by atoms with Crippen molar-refractivity contribution in [3.05, 3.63) is 41.7 Å². The molecule has 1 unspecified atom stereocenters. The van der Waals surface area contributed by atoms with Crippen LogP contribution >= 0.6 is 11.6 Å². The van der Waals surface area contributed by atoms with E-state index >= 15 is 0 Å². The molecule has 0 saturated carbocycles. The molecule has 0 radical (unpaired) electrons. The molecule has 2 aliphatic rings. The molecule has 1 aromatic carbocycles. The average Bonchev–Trinajstić information content (AvgIpc) is 3.33. The quantitative estimate of drug-likeness (QED) is 0.862. The monoisotopic (exact) mass is 374 g/mol. The zero-order valence-electron chi connectivity index (χ0n) is 14.6. The highest BCUT2D eigenvalue weighted by Gasteiger charge is 2.31. The van der Waals surface area contributed by atoms with Crippen LogP contribution in [-0.4, -0.2) is 70.9 Å². The fourth-order valence-electron chi connectivity index (χ4n) is 3.60. The smallest absolute Gasteiger partial charge is 0.321 e. The predicted molar refractivity (Wildman–Crippen MR) is 102 cm³/mol. The molecule has 2 saturated heterocycles. The number of urea groups is 1. The molecule has 2 amide bonds. The van der Waals surface area contributed by atoms with Crippen LogP contribution in [0.2, 0.25) is 5.02 Å². The van der Waals surface area contributed by atoms with Crippen molar-refractivity contribution in [2.24, 2.45) is 0 Å². The van der Waals surface area contributed by atoms with E-state index in [1.807, 2.05) is 35.4 Å². The normalized spacial score (nSPS) is 21.1. The number of halogens is 1. The molecule has 0 spiro atoms. The summed E-state index contributed by atoms with van der Waals surface area (Å²) in [5.74, 6) is 0. The number of anilines is 1. The van der Waals surface area contributed by atoms with Gasteiger partial charge in [-0.2, -0.15) is 5.10 Å². The van der Waals surface area contributed by atoms with Crippen molar-refractivity contribution in [3.63, 3.8) is 0 Å². The first-order chi connectivity index (χ1) is 12.7. The van der Waals surface area contributed by atoms with E-state index in [0.29, 0.717) is 16.8 Å². The minimum atomic E-state index is -0.0571. The Kier molecular flexibility index (Phi) is 5.10. The average molecular weight is 375 g/mol. The lowest BCUT2D eigenvalue weighted by atomic mass is 10.2. The van der Waals surface area contributed by atoms with E-state index in [0.717, 1.165) is 51.4 Å². The fraction of sp³-hybridized carbons (Fsp3) is 0.444. The minimum Gasteiger partial charge on any atom is -0.323 e. The van der Waals surface area contributed by atoms with Crippen LogP contribution in [0, 0.1) is 0 Å². The third-order valence-corrected chi connectivity index (χ3v) is 5.30.